The van der Waals surface area contributed by atoms with Gasteiger partial charge in [-0.15, -0.1) is 0 Å². The van der Waals surface area contributed by atoms with Crippen molar-refractivity contribution in [2.24, 2.45) is 0 Å². The highest BCUT2D eigenvalue weighted by molar-refractivity contribution is 6.04. The largest absolute Gasteiger partial charge is 0.322 e. The van der Waals surface area contributed by atoms with E-state index in [1.807, 2.05) is 36.4 Å². The quantitative estimate of drug-likeness (QED) is 0.767. The van der Waals surface area contributed by atoms with E-state index in [-0.39, 0.29) is 5.91 Å². The Hall–Kier alpha value is -2.09. The highest BCUT2D eigenvalue weighted by Gasteiger charge is 2.08. The number of hydrogen-bond donors (Lipinski definition) is 1. The molecule has 0 saturated heterocycles. The fourth-order valence-corrected chi connectivity index (χ4v) is 2.35. The molecule has 2 heteroatoms. The van der Waals surface area contributed by atoms with Crippen LogP contribution in [0.3, 0.4) is 0 Å². The maximum absolute atomic E-state index is 12.3. The number of hydrogen-bond acceptors (Lipinski definition) is 1. The highest BCUT2D eigenvalue weighted by atomic mass is 16.1. The van der Waals surface area contributed by atoms with Crippen LogP contribution in [0, 0.1) is 0 Å². The Morgan fingerprint density at radius 1 is 0.909 bits per heavy atom. The molecule has 0 aliphatic heterocycles. The van der Waals surface area contributed by atoms with Crippen LogP contribution < -0.4 is 5.32 Å². The number of nitrogens with one attached hydrogen (secondary N) is 1. The summed E-state index contributed by atoms with van der Waals surface area (Å²) in [6.45, 7) is 8.69. The van der Waals surface area contributed by atoms with Crippen LogP contribution in [0.4, 0.5) is 5.69 Å². The molecular formula is C20H25NO. The minimum atomic E-state index is -0.0620. The van der Waals surface area contributed by atoms with Crippen LogP contribution >= 0.6 is 0 Å². The van der Waals surface area contributed by atoms with Gasteiger partial charge in [-0.1, -0.05) is 52.0 Å². The van der Waals surface area contributed by atoms with Crippen LogP contribution in [-0.4, -0.2) is 5.91 Å². The van der Waals surface area contributed by atoms with Gasteiger partial charge in [0, 0.05) is 11.3 Å². The predicted octanol–water partition coefficient (Wildman–Crippen LogP) is 5.58. The molecule has 116 valence electrons. The molecule has 1 amide bonds. The van der Waals surface area contributed by atoms with Gasteiger partial charge in [0.25, 0.3) is 5.91 Å². The second-order valence-electron chi connectivity index (χ2n) is 6.16. The molecule has 1 N–H and O–H groups in total. The molecule has 22 heavy (non-hydrogen) atoms. The molecule has 0 heterocycles. The molecule has 1 atom stereocenters. The van der Waals surface area contributed by atoms with E-state index < -0.39 is 0 Å². The number of rotatable bonds is 5. The van der Waals surface area contributed by atoms with Crippen molar-refractivity contribution >= 4 is 11.6 Å². The zero-order valence-corrected chi connectivity index (χ0v) is 13.9. The Morgan fingerprint density at radius 3 is 1.95 bits per heavy atom. The summed E-state index contributed by atoms with van der Waals surface area (Å²) >= 11 is 0. The van der Waals surface area contributed by atoms with Crippen LogP contribution in [0.15, 0.2) is 48.5 Å². The lowest BCUT2D eigenvalue weighted by atomic mass is 9.97. The van der Waals surface area contributed by atoms with E-state index >= 15 is 0 Å². The zero-order valence-electron chi connectivity index (χ0n) is 13.9. The van der Waals surface area contributed by atoms with Crippen molar-refractivity contribution in [3.8, 4) is 0 Å². The molecule has 0 aliphatic carbocycles. The maximum atomic E-state index is 12.3. The maximum Gasteiger partial charge on any atom is 0.255 e. The number of carbonyl (C=O) groups is 1. The van der Waals surface area contributed by atoms with Gasteiger partial charge in [-0.25, -0.2) is 0 Å². The normalized spacial score (nSPS) is 12.2. The minimum absolute atomic E-state index is 0.0620. The van der Waals surface area contributed by atoms with Crippen molar-refractivity contribution < 1.29 is 4.79 Å². The molecule has 2 rings (SSSR count). The third kappa shape index (κ3) is 3.97. The standard InChI is InChI=1S/C20H25NO/c1-5-15(4)17-6-8-18(9-7-17)20(22)21-19-12-10-16(11-13-19)14(2)3/h6-15H,5H2,1-4H3,(H,21,22). The summed E-state index contributed by atoms with van der Waals surface area (Å²) in [6.07, 6.45) is 1.10. The zero-order chi connectivity index (χ0) is 16.1. The summed E-state index contributed by atoms with van der Waals surface area (Å²) in [6, 6.07) is 15.9. The molecular weight excluding hydrogens is 270 g/mol. The molecule has 0 fully saturated rings. The average Bonchev–Trinajstić information content (AvgIpc) is 2.54. The molecule has 2 aromatic rings. The first kappa shape index (κ1) is 16.3. The Labute approximate surface area is 133 Å². The Bertz CT molecular complexity index is 611. The Kier molecular flexibility index (Phi) is 5.37. The molecule has 0 bridgehead atoms. The van der Waals surface area contributed by atoms with Gasteiger partial charge in [-0.3, -0.25) is 4.79 Å². The third-order valence-corrected chi connectivity index (χ3v) is 4.19. The second kappa shape index (κ2) is 7.26. The van der Waals surface area contributed by atoms with E-state index in [0.717, 1.165) is 12.1 Å². The van der Waals surface area contributed by atoms with Crippen molar-refractivity contribution in [3.63, 3.8) is 0 Å². The second-order valence-corrected chi connectivity index (χ2v) is 6.16. The topological polar surface area (TPSA) is 29.1 Å². The van der Waals surface area contributed by atoms with Crippen LogP contribution in [0.5, 0.6) is 0 Å². The van der Waals surface area contributed by atoms with E-state index in [2.05, 4.69) is 45.1 Å². The van der Waals surface area contributed by atoms with E-state index in [1.165, 1.54) is 11.1 Å². The van der Waals surface area contributed by atoms with Gasteiger partial charge in [0.2, 0.25) is 0 Å². The van der Waals surface area contributed by atoms with Gasteiger partial charge in [0.05, 0.1) is 0 Å². The van der Waals surface area contributed by atoms with Crippen molar-refractivity contribution in [1.29, 1.82) is 0 Å². The van der Waals surface area contributed by atoms with Crippen molar-refractivity contribution in [2.45, 2.75) is 46.0 Å². The minimum Gasteiger partial charge on any atom is -0.322 e. The SMILES string of the molecule is CCC(C)c1ccc(C(=O)Nc2ccc(C(C)C)cc2)cc1. The summed E-state index contributed by atoms with van der Waals surface area (Å²) < 4.78 is 0. The lowest BCUT2D eigenvalue weighted by Gasteiger charge is -2.11. The molecule has 1 unspecified atom stereocenters. The van der Waals surface area contributed by atoms with Gasteiger partial charge in [-0.05, 0) is 53.6 Å². The van der Waals surface area contributed by atoms with Crippen molar-refractivity contribution in [3.05, 3.63) is 65.2 Å². The van der Waals surface area contributed by atoms with E-state index in [9.17, 15) is 4.79 Å². The summed E-state index contributed by atoms with van der Waals surface area (Å²) in [4.78, 5) is 12.3. The first-order chi connectivity index (χ1) is 10.5. The smallest absolute Gasteiger partial charge is 0.255 e. The number of anilines is 1. The summed E-state index contributed by atoms with van der Waals surface area (Å²) in [5.74, 6) is 0.964. The number of benzene rings is 2. The lowest BCUT2D eigenvalue weighted by molar-refractivity contribution is 0.102. The van der Waals surface area contributed by atoms with E-state index in [1.54, 1.807) is 0 Å². The lowest BCUT2D eigenvalue weighted by Crippen LogP contribution is -2.12. The molecule has 2 aromatic carbocycles. The average molecular weight is 295 g/mol. The molecule has 0 spiro atoms. The number of amides is 1. The van der Waals surface area contributed by atoms with Gasteiger partial charge in [0.1, 0.15) is 0 Å². The van der Waals surface area contributed by atoms with Gasteiger partial charge >= 0.3 is 0 Å². The molecule has 0 aromatic heterocycles. The molecule has 0 radical (unpaired) electrons. The first-order valence-electron chi connectivity index (χ1n) is 8.02. The molecule has 0 aliphatic rings. The first-order valence-corrected chi connectivity index (χ1v) is 8.02. The van der Waals surface area contributed by atoms with E-state index in [4.69, 9.17) is 0 Å². The van der Waals surface area contributed by atoms with Gasteiger partial charge in [-0.2, -0.15) is 0 Å². The Balaban J connectivity index is 2.05. The van der Waals surface area contributed by atoms with Crippen molar-refractivity contribution in [2.75, 3.05) is 5.32 Å². The Morgan fingerprint density at radius 2 is 1.45 bits per heavy atom. The summed E-state index contributed by atoms with van der Waals surface area (Å²) in [7, 11) is 0. The summed E-state index contributed by atoms with van der Waals surface area (Å²) in [5.41, 5.74) is 4.08. The van der Waals surface area contributed by atoms with Crippen LogP contribution in [0.1, 0.15) is 67.4 Å². The van der Waals surface area contributed by atoms with E-state index in [0.29, 0.717) is 17.4 Å². The van der Waals surface area contributed by atoms with Crippen LogP contribution in [-0.2, 0) is 0 Å². The summed E-state index contributed by atoms with van der Waals surface area (Å²) in [5, 5.41) is 2.95. The number of carbonyl (C=O) groups excluding carboxylic acids is 1. The third-order valence-electron chi connectivity index (χ3n) is 4.19. The van der Waals surface area contributed by atoms with Crippen LogP contribution in [0.25, 0.3) is 0 Å². The van der Waals surface area contributed by atoms with Crippen LogP contribution in [0.2, 0.25) is 0 Å². The van der Waals surface area contributed by atoms with Crippen molar-refractivity contribution in [1.82, 2.24) is 0 Å². The van der Waals surface area contributed by atoms with Gasteiger partial charge < -0.3 is 5.32 Å². The predicted molar refractivity (Wildman–Crippen MR) is 93.6 cm³/mol. The highest BCUT2D eigenvalue weighted by Crippen LogP contribution is 2.20. The fourth-order valence-electron chi connectivity index (χ4n) is 2.35. The molecule has 0 saturated carbocycles. The fraction of sp³-hybridized carbons (Fsp3) is 0.350. The molecule has 2 nitrogen and oxygen atoms in total. The van der Waals surface area contributed by atoms with Gasteiger partial charge in [0.15, 0.2) is 0 Å². The monoisotopic (exact) mass is 295 g/mol.